The highest BCUT2D eigenvalue weighted by atomic mass is 32.1. The molecule has 0 bridgehead atoms. The van der Waals surface area contributed by atoms with Crippen molar-refractivity contribution in [3.05, 3.63) is 46.5 Å². The number of rotatable bonds is 4. The SMILES string of the molecule is CCc1nc(-c2nnn(Cc3ccccc3)c2N)sc1C. The van der Waals surface area contributed by atoms with Crippen LogP contribution in [0, 0.1) is 6.92 Å². The molecule has 2 aromatic heterocycles. The van der Waals surface area contributed by atoms with E-state index in [0.29, 0.717) is 18.1 Å². The Morgan fingerprint density at radius 3 is 2.67 bits per heavy atom. The molecule has 1 aromatic carbocycles. The van der Waals surface area contributed by atoms with E-state index in [9.17, 15) is 0 Å². The minimum Gasteiger partial charge on any atom is -0.382 e. The van der Waals surface area contributed by atoms with Crippen LogP contribution in [0.25, 0.3) is 10.7 Å². The van der Waals surface area contributed by atoms with Gasteiger partial charge in [0.15, 0.2) is 11.5 Å². The monoisotopic (exact) mass is 299 g/mol. The summed E-state index contributed by atoms with van der Waals surface area (Å²) in [5, 5.41) is 9.22. The number of nitrogen functional groups attached to an aromatic ring is 1. The second-order valence-electron chi connectivity index (χ2n) is 4.84. The van der Waals surface area contributed by atoms with Gasteiger partial charge in [0.1, 0.15) is 5.01 Å². The molecule has 108 valence electrons. The molecule has 0 saturated heterocycles. The van der Waals surface area contributed by atoms with Crippen molar-refractivity contribution in [2.45, 2.75) is 26.8 Å². The highest BCUT2D eigenvalue weighted by Gasteiger charge is 2.16. The molecule has 0 saturated carbocycles. The molecule has 0 aliphatic rings. The highest BCUT2D eigenvalue weighted by Crippen LogP contribution is 2.30. The number of hydrogen-bond acceptors (Lipinski definition) is 5. The van der Waals surface area contributed by atoms with Crippen LogP contribution < -0.4 is 5.73 Å². The number of nitrogens with zero attached hydrogens (tertiary/aromatic N) is 4. The molecule has 0 fully saturated rings. The standard InChI is InChI=1S/C15H17N5S/c1-3-12-10(2)21-15(17-12)13-14(16)20(19-18-13)9-11-7-5-4-6-8-11/h4-8H,3,9,16H2,1-2H3. The summed E-state index contributed by atoms with van der Waals surface area (Å²) < 4.78 is 1.72. The Balaban J connectivity index is 1.91. The molecule has 21 heavy (non-hydrogen) atoms. The first-order chi connectivity index (χ1) is 10.2. The lowest BCUT2D eigenvalue weighted by molar-refractivity contribution is 0.658. The molecule has 0 aliphatic carbocycles. The molecule has 2 N–H and O–H groups in total. The van der Waals surface area contributed by atoms with Gasteiger partial charge in [0.25, 0.3) is 0 Å². The van der Waals surface area contributed by atoms with Gasteiger partial charge in [-0.05, 0) is 18.9 Å². The van der Waals surface area contributed by atoms with E-state index < -0.39 is 0 Å². The van der Waals surface area contributed by atoms with Gasteiger partial charge in [-0.25, -0.2) is 9.67 Å². The molecule has 0 unspecified atom stereocenters. The zero-order chi connectivity index (χ0) is 14.8. The fourth-order valence-electron chi connectivity index (χ4n) is 2.20. The minimum atomic E-state index is 0.565. The predicted molar refractivity (Wildman–Crippen MR) is 85.2 cm³/mol. The number of aromatic nitrogens is 4. The normalized spacial score (nSPS) is 11.0. The Kier molecular flexibility index (Phi) is 3.70. The van der Waals surface area contributed by atoms with Gasteiger partial charge >= 0.3 is 0 Å². The van der Waals surface area contributed by atoms with Gasteiger partial charge in [-0.15, -0.1) is 16.4 Å². The van der Waals surface area contributed by atoms with Crippen molar-refractivity contribution >= 4 is 17.2 Å². The van der Waals surface area contributed by atoms with Crippen molar-refractivity contribution in [1.29, 1.82) is 0 Å². The average molecular weight is 299 g/mol. The first-order valence-electron chi connectivity index (χ1n) is 6.88. The summed E-state index contributed by atoms with van der Waals surface area (Å²) >= 11 is 1.62. The number of hydrogen-bond donors (Lipinski definition) is 1. The number of thiazole rings is 1. The zero-order valence-corrected chi connectivity index (χ0v) is 12.9. The molecule has 0 atom stereocenters. The summed E-state index contributed by atoms with van der Waals surface area (Å²) in [5.74, 6) is 0.565. The Bertz CT molecular complexity index is 745. The van der Waals surface area contributed by atoms with E-state index in [0.717, 1.165) is 22.7 Å². The molecule has 0 aliphatic heterocycles. The molecule has 0 radical (unpaired) electrons. The summed E-state index contributed by atoms with van der Waals surface area (Å²) in [7, 11) is 0. The third kappa shape index (κ3) is 2.67. The quantitative estimate of drug-likeness (QED) is 0.804. The lowest BCUT2D eigenvalue weighted by Gasteiger charge is -2.02. The van der Waals surface area contributed by atoms with Crippen LogP contribution in [0.2, 0.25) is 0 Å². The number of anilines is 1. The summed E-state index contributed by atoms with van der Waals surface area (Å²) in [5.41, 5.74) is 9.12. The second-order valence-corrected chi connectivity index (χ2v) is 6.05. The van der Waals surface area contributed by atoms with Gasteiger partial charge in [0.05, 0.1) is 12.2 Å². The van der Waals surface area contributed by atoms with Gasteiger partial charge in [0.2, 0.25) is 0 Å². The van der Waals surface area contributed by atoms with Gasteiger partial charge in [-0.1, -0.05) is 42.5 Å². The van der Waals surface area contributed by atoms with Crippen LogP contribution >= 0.6 is 11.3 Å². The smallest absolute Gasteiger partial charge is 0.165 e. The number of benzene rings is 1. The highest BCUT2D eigenvalue weighted by molar-refractivity contribution is 7.15. The second kappa shape index (κ2) is 5.65. The summed E-state index contributed by atoms with van der Waals surface area (Å²) in [6, 6.07) is 10.1. The van der Waals surface area contributed by atoms with Crippen molar-refractivity contribution in [2.75, 3.05) is 5.73 Å². The topological polar surface area (TPSA) is 69.6 Å². The predicted octanol–water partition coefficient (Wildman–Crippen LogP) is 2.90. The summed E-state index contributed by atoms with van der Waals surface area (Å²) in [6.07, 6.45) is 0.917. The van der Waals surface area contributed by atoms with E-state index in [-0.39, 0.29) is 0 Å². The van der Waals surface area contributed by atoms with Crippen LogP contribution in [0.15, 0.2) is 30.3 Å². The molecule has 0 spiro atoms. The van der Waals surface area contributed by atoms with Crippen molar-refractivity contribution in [2.24, 2.45) is 0 Å². The number of nitrogens with two attached hydrogens (primary N) is 1. The lowest BCUT2D eigenvalue weighted by atomic mass is 10.2. The van der Waals surface area contributed by atoms with Gasteiger partial charge in [0, 0.05) is 4.88 Å². The lowest BCUT2D eigenvalue weighted by Crippen LogP contribution is -2.06. The molecule has 2 heterocycles. The summed E-state index contributed by atoms with van der Waals surface area (Å²) in [4.78, 5) is 5.81. The zero-order valence-electron chi connectivity index (χ0n) is 12.1. The third-order valence-corrected chi connectivity index (χ3v) is 4.40. The molecule has 5 nitrogen and oxygen atoms in total. The Morgan fingerprint density at radius 2 is 2.00 bits per heavy atom. The molecule has 3 rings (SSSR count). The van der Waals surface area contributed by atoms with Crippen molar-refractivity contribution in [3.63, 3.8) is 0 Å². The van der Waals surface area contributed by atoms with Crippen molar-refractivity contribution in [1.82, 2.24) is 20.0 Å². The van der Waals surface area contributed by atoms with Crippen LogP contribution in [0.4, 0.5) is 5.82 Å². The molecule has 3 aromatic rings. The first kappa shape index (κ1) is 13.8. The average Bonchev–Trinajstić information content (AvgIpc) is 3.04. The van der Waals surface area contributed by atoms with Crippen LogP contribution in [-0.2, 0) is 13.0 Å². The maximum atomic E-state index is 6.19. The Labute approximate surface area is 127 Å². The summed E-state index contributed by atoms with van der Waals surface area (Å²) in [6.45, 7) is 4.79. The number of aryl methyl sites for hydroxylation is 2. The molecule has 0 amide bonds. The van der Waals surface area contributed by atoms with Crippen LogP contribution in [0.3, 0.4) is 0 Å². The van der Waals surface area contributed by atoms with E-state index in [4.69, 9.17) is 5.73 Å². The van der Waals surface area contributed by atoms with Crippen molar-refractivity contribution < 1.29 is 0 Å². The first-order valence-corrected chi connectivity index (χ1v) is 7.70. The van der Waals surface area contributed by atoms with Gasteiger partial charge in [-0.2, -0.15) is 0 Å². The maximum absolute atomic E-state index is 6.19. The maximum Gasteiger partial charge on any atom is 0.165 e. The molecular formula is C15H17N5S. The molecule has 6 heteroatoms. The van der Waals surface area contributed by atoms with Gasteiger partial charge in [-0.3, -0.25) is 0 Å². The van der Waals surface area contributed by atoms with E-state index in [1.165, 1.54) is 4.88 Å². The van der Waals surface area contributed by atoms with Crippen LogP contribution in [-0.4, -0.2) is 20.0 Å². The minimum absolute atomic E-state index is 0.565. The van der Waals surface area contributed by atoms with E-state index in [2.05, 4.69) is 29.1 Å². The van der Waals surface area contributed by atoms with Crippen molar-refractivity contribution in [3.8, 4) is 10.7 Å². The van der Waals surface area contributed by atoms with Crippen LogP contribution in [0.5, 0.6) is 0 Å². The molecular weight excluding hydrogens is 282 g/mol. The van der Waals surface area contributed by atoms with Crippen LogP contribution in [0.1, 0.15) is 23.1 Å². The van der Waals surface area contributed by atoms with E-state index in [1.807, 2.05) is 30.3 Å². The van der Waals surface area contributed by atoms with E-state index in [1.54, 1.807) is 16.0 Å². The third-order valence-electron chi connectivity index (χ3n) is 3.38. The van der Waals surface area contributed by atoms with E-state index >= 15 is 0 Å². The van der Waals surface area contributed by atoms with Gasteiger partial charge < -0.3 is 5.73 Å². The Morgan fingerprint density at radius 1 is 1.24 bits per heavy atom. The fourth-order valence-corrected chi connectivity index (χ4v) is 3.20. The Hall–Kier alpha value is -2.21. The largest absolute Gasteiger partial charge is 0.382 e. The fraction of sp³-hybridized carbons (Fsp3) is 0.267.